The number of nitrogens with two attached hydrogens (primary N) is 1. The number of hydrazine groups is 1. The third-order valence-electron chi connectivity index (χ3n) is 2.77. The van der Waals surface area contributed by atoms with Gasteiger partial charge in [-0.3, -0.25) is 5.43 Å². The minimum atomic E-state index is 0.282. The number of aryl methyl sites for hydroxylation is 1. The average Bonchev–Trinajstić information content (AvgIpc) is 2.91. The second-order valence-electron chi connectivity index (χ2n) is 4.36. The maximum absolute atomic E-state index is 5.37. The van der Waals surface area contributed by atoms with E-state index in [1.54, 1.807) is 11.3 Å². The molecule has 0 aliphatic rings. The van der Waals surface area contributed by atoms with E-state index in [0.29, 0.717) is 5.95 Å². The van der Waals surface area contributed by atoms with Crippen molar-refractivity contribution in [2.24, 2.45) is 5.84 Å². The molecule has 0 spiro atoms. The van der Waals surface area contributed by atoms with Crippen LogP contribution in [0, 0.1) is 6.92 Å². The predicted octanol–water partition coefficient (Wildman–Crippen LogP) is 3.09. The number of nitrogens with one attached hydrogen (secondary N) is 2. The molecule has 2 heterocycles. The number of rotatable bonds is 6. The summed E-state index contributed by atoms with van der Waals surface area (Å²) in [6.07, 6.45) is 2.18. The Kier molecular flexibility index (Phi) is 4.70. The first-order valence-electron chi connectivity index (χ1n) is 6.35. The van der Waals surface area contributed by atoms with Gasteiger partial charge in [0.2, 0.25) is 5.95 Å². The van der Waals surface area contributed by atoms with Crippen molar-refractivity contribution in [3.05, 3.63) is 34.2 Å². The summed E-state index contributed by atoms with van der Waals surface area (Å²) in [6.45, 7) is 4.11. The molecule has 1 unspecified atom stereocenters. The van der Waals surface area contributed by atoms with E-state index in [4.69, 9.17) is 5.84 Å². The Balaban J connectivity index is 2.19. The summed E-state index contributed by atoms with van der Waals surface area (Å²) in [4.78, 5) is 9.83. The average molecular weight is 277 g/mol. The number of aromatic nitrogens is 2. The van der Waals surface area contributed by atoms with Gasteiger partial charge in [-0.1, -0.05) is 19.4 Å². The van der Waals surface area contributed by atoms with Crippen molar-refractivity contribution in [2.45, 2.75) is 32.7 Å². The molecule has 6 heteroatoms. The molecule has 0 radical (unpaired) electrons. The fourth-order valence-electron chi connectivity index (χ4n) is 1.95. The Bertz CT molecular complexity index is 512. The van der Waals surface area contributed by atoms with Crippen LogP contribution in [-0.2, 0) is 0 Å². The largest absolute Gasteiger partial charge is 0.362 e. The van der Waals surface area contributed by atoms with Crippen LogP contribution in [0.5, 0.6) is 0 Å². The van der Waals surface area contributed by atoms with E-state index >= 15 is 0 Å². The Hall–Kier alpha value is -1.66. The van der Waals surface area contributed by atoms with E-state index in [9.17, 15) is 0 Å². The van der Waals surface area contributed by atoms with E-state index in [-0.39, 0.29) is 6.04 Å². The first-order valence-corrected chi connectivity index (χ1v) is 7.23. The molecule has 0 aliphatic heterocycles. The molecule has 0 bridgehead atoms. The van der Waals surface area contributed by atoms with Crippen LogP contribution in [0.4, 0.5) is 11.8 Å². The fourth-order valence-corrected chi connectivity index (χ4v) is 2.76. The van der Waals surface area contributed by atoms with Gasteiger partial charge in [-0.15, -0.1) is 11.3 Å². The number of thiophene rings is 1. The molecule has 0 saturated carbocycles. The normalized spacial score (nSPS) is 12.2. The molecular weight excluding hydrogens is 258 g/mol. The Morgan fingerprint density at radius 3 is 2.89 bits per heavy atom. The van der Waals surface area contributed by atoms with Crippen LogP contribution in [0.25, 0.3) is 0 Å². The molecule has 5 nitrogen and oxygen atoms in total. The van der Waals surface area contributed by atoms with Crippen molar-refractivity contribution >= 4 is 23.1 Å². The lowest BCUT2D eigenvalue weighted by Gasteiger charge is -2.18. The molecule has 2 rings (SSSR count). The monoisotopic (exact) mass is 277 g/mol. The quantitative estimate of drug-likeness (QED) is 0.559. The maximum Gasteiger partial charge on any atom is 0.239 e. The van der Waals surface area contributed by atoms with Crippen molar-refractivity contribution in [3.8, 4) is 0 Å². The first kappa shape index (κ1) is 13.8. The summed E-state index contributed by atoms with van der Waals surface area (Å²) in [5.41, 5.74) is 3.37. The number of nitrogens with zero attached hydrogens (tertiary/aromatic N) is 2. The Morgan fingerprint density at radius 2 is 2.26 bits per heavy atom. The minimum Gasteiger partial charge on any atom is -0.362 e. The van der Waals surface area contributed by atoms with Gasteiger partial charge in [0.25, 0.3) is 0 Å². The van der Waals surface area contributed by atoms with E-state index < -0.39 is 0 Å². The van der Waals surface area contributed by atoms with Crippen molar-refractivity contribution in [1.82, 2.24) is 9.97 Å². The minimum absolute atomic E-state index is 0.282. The van der Waals surface area contributed by atoms with Crippen LogP contribution in [-0.4, -0.2) is 9.97 Å². The van der Waals surface area contributed by atoms with Crippen LogP contribution in [0.1, 0.15) is 36.4 Å². The highest BCUT2D eigenvalue weighted by atomic mass is 32.1. The molecule has 0 saturated heterocycles. The molecule has 0 aliphatic carbocycles. The van der Waals surface area contributed by atoms with Crippen LogP contribution in [0.15, 0.2) is 23.6 Å². The summed E-state index contributed by atoms with van der Waals surface area (Å²) in [5, 5.41) is 5.56. The van der Waals surface area contributed by atoms with Crippen LogP contribution < -0.4 is 16.6 Å². The number of hydrogen-bond acceptors (Lipinski definition) is 6. The van der Waals surface area contributed by atoms with Gasteiger partial charge in [0.05, 0.1) is 6.04 Å². The van der Waals surface area contributed by atoms with Crippen molar-refractivity contribution < 1.29 is 0 Å². The highest BCUT2D eigenvalue weighted by molar-refractivity contribution is 7.10. The first-order chi connectivity index (χ1) is 9.22. The molecule has 2 aromatic rings. The predicted molar refractivity (Wildman–Crippen MR) is 80.2 cm³/mol. The van der Waals surface area contributed by atoms with Gasteiger partial charge in [-0.2, -0.15) is 4.98 Å². The molecule has 0 aromatic carbocycles. The SMILES string of the molecule is CCCC(Nc1cc(C)nc(NN)n1)c1cccs1. The molecule has 4 N–H and O–H groups in total. The van der Waals surface area contributed by atoms with Gasteiger partial charge >= 0.3 is 0 Å². The van der Waals surface area contributed by atoms with E-state index in [2.05, 4.69) is 45.1 Å². The summed E-state index contributed by atoms with van der Waals surface area (Å²) < 4.78 is 0. The zero-order valence-electron chi connectivity index (χ0n) is 11.2. The van der Waals surface area contributed by atoms with Crippen LogP contribution >= 0.6 is 11.3 Å². The van der Waals surface area contributed by atoms with Crippen LogP contribution in [0.3, 0.4) is 0 Å². The molecule has 1 atom stereocenters. The molecule has 19 heavy (non-hydrogen) atoms. The van der Waals surface area contributed by atoms with Gasteiger partial charge in [-0.25, -0.2) is 10.8 Å². The second-order valence-corrected chi connectivity index (χ2v) is 5.34. The topological polar surface area (TPSA) is 75.9 Å². The van der Waals surface area contributed by atoms with E-state index in [0.717, 1.165) is 24.4 Å². The maximum atomic E-state index is 5.37. The number of anilines is 2. The fraction of sp³-hybridized carbons (Fsp3) is 0.385. The van der Waals surface area contributed by atoms with Gasteiger partial charge in [-0.05, 0) is 24.8 Å². The molecular formula is C13H19N5S. The smallest absolute Gasteiger partial charge is 0.239 e. The lowest BCUT2D eigenvalue weighted by molar-refractivity contribution is 0.684. The second kappa shape index (κ2) is 6.49. The van der Waals surface area contributed by atoms with Crippen molar-refractivity contribution in [3.63, 3.8) is 0 Å². The molecule has 0 fully saturated rings. The zero-order valence-corrected chi connectivity index (χ0v) is 12.0. The van der Waals surface area contributed by atoms with Gasteiger partial charge in [0, 0.05) is 16.6 Å². The highest BCUT2D eigenvalue weighted by Gasteiger charge is 2.13. The summed E-state index contributed by atoms with van der Waals surface area (Å²) in [7, 11) is 0. The van der Waals surface area contributed by atoms with E-state index in [1.807, 2.05) is 13.0 Å². The number of nitrogen functional groups attached to an aromatic ring is 1. The van der Waals surface area contributed by atoms with Gasteiger partial charge < -0.3 is 5.32 Å². The van der Waals surface area contributed by atoms with Gasteiger partial charge in [0.15, 0.2) is 0 Å². The highest BCUT2D eigenvalue weighted by Crippen LogP contribution is 2.27. The molecule has 102 valence electrons. The van der Waals surface area contributed by atoms with Gasteiger partial charge in [0.1, 0.15) is 5.82 Å². The summed E-state index contributed by atoms with van der Waals surface area (Å²) >= 11 is 1.76. The van der Waals surface area contributed by atoms with Crippen LogP contribution in [0.2, 0.25) is 0 Å². The zero-order chi connectivity index (χ0) is 13.7. The third-order valence-corrected chi connectivity index (χ3v) is 3.76. The lowest BCUT2D eigenvalue weighted by Crippen LogP contribution is -2.15. The van der Waals surface area contributed by atoms with E-state index in [1.165, 1.54) is 4.88 Å². The number of hydrogen-bond donors (Lipinski definition) is 3. The lowest BCUT2D eigenvalue weighted by atomic mass is 10.1. The van der Waals surface area contributed by atoms with Crippen molar-refractivity contribution in [1.29, 1.82) is 0 Å². The molecule has 0 amide bonds. The Labute approximate surface area is 117 Å². The molecule has 2 aromatic heterocycles. The standard InChI is InChI=1S/C13H19N5S/c1-3-5-10(11-6-4-7-19-11)16-12-8-9(2)15-13(17-12)18-14/h4,6-8,10H,3,5,14H2,1-2H3,(H2,15,16,17,18). The third kappa shape index (κ3) is 3.65. The summed E-state index contributed by atoms with van der Waals surface area (Å²) in [5.74, 6) is 6.60. The summed E-state index contributed by atoms with van der Waals surface area (Å²) in [6, 6.07) is 6.43. The Morgan fingerprint density at radius 1 is 1.42 bits per heavy atom. The van der Waals surface area contributed by atoms with Crippen molar-refractivity contribution in [2.75, 3.05) is 10.7 Å².